The number of nitrogens with zero attached hydrogens (tertiary/aromatic N) is 1. The molecule has 2 rings (SSSR count). The second-order valence-corrected chi connectivity index (χ2v) is 4.53. The van der Waals surface area contributed by atoms with E-state index in [1.807, 2.05) is 19.1 Å². The predicted octanol–water partition coefficient (Wildman–Crippen LogP) is 3.39. The third kappa shape index (κ3) is 3.41. The molecule has 0 saturated carbocycles. The highest BCUT2D eigenvalue weighted by Gasteiger charge is 2.16. The first-order valence-corrected chi connectivity index (χ1v) is 6.68. The van der Waals surface area contributed by atoms with Gasteiger partial charge < -0.3 is 9.47 Å². The molecular formula is C16H15NO5. The highest BCUT2D eigenvalue weighted by atomic mass is 16.6. The molecule has 0 atom stereocenters. The number of rotatable bonds is 5. The van der Waals surface area contributed by atoms with E-state index in [-0.39, 0.29) is 17.2 Å². The Labute approximate surface area is 127 Å². The van der Waals surface area contributed by atoms with Crippen LogP contribution in [0.3, 0.4) is 0 Å². The van der Waals surface area contributed by atoms with E-state index >= 15 is 0 Å². The molecule has 2 aromatic carbocycles. The van der Waals surface area contributed by atoms with Gasteiger partial charge in [0, 0.05) is 6.07 Å². The van der Waals surface area contributed by atoms with Crippen molar-refractivity contribution in [2.45, 2.75) is 13.3 Å². The Hall–Kier alpha value is -2.89. The number of hydrogen-bond acceptors (Lipinski definition) is 5. The minimum atomic E-state index is -0.596. The van der Waals surface area contributed by atoms with E-state index in [0.717, 1.165) is 18.1 Å². The van der Waals surface area contributed by atoms with E-state index in [1.165, 1.54) is 19.2 Å². The van der Waals surface area contributed by atoms with Gasteiger partial charge in [0.25, 0.3) is 5.69 Å². The molecule has 0 aliphatic heterocycles. The summed E-state index contributed by atoms with van der Waals surface area (Å²) in [5.41, 5.74) is 1.29. The normalized spacial score (nSPS) is 10.1. The number of nitro groups is 1. The first-order chi connectivity index (χ1) is 10.5. The van der Waals surface area contributed by atoms with E-state index in [0.29, 0.717) is 5.56 Å². The quantitative estimate of drug-likeness (QED) is 0.366. The molecule has 0 bridgehead atoms. The van der Waals surface area contributed by atoms with Crippen LogP contribution >= 0.6 is 0 Å². The zero-order valence-electron chi connectivity index (χ0n) is 12.2. The van der Waals surface area contributed by atoms with Crippen LogP contribution in [0.1, 0.15) is 22.8 Å². The number of non-ortho nitro benzene ring substituents is 1. The van der Waals surface area contributed by atoms with Gasteiger partial charge in [-0.25, -0.2) is 4.79 Å². The van der Waals surface area contributed by atoms with Crippen LogP contribution in [0.15, 0.2) is 42.5 Å². The number of hydrogen-bond donors (Lipinski definition) is 0. The smallest absolute Gasteiger partial charge is 0.343 e. The zero-order valence-corrected chi connectivity index (χ0v) is 12.2. The van der Waals surface area contributed by atoms with Gasteiger partial charge in [-0.05, 0) is 30.2 Å². The average Bonchev–Trinajstić information content (AvgIpc) is 2.54. The molecular weight excluding hydrogens is 286 g/mol. The summed E-state index contributed by atoms with van der Waals surface area (Å²) in [5, 5.41) is 10.8. The Morgan fingerprint density at radius 1 is 1.14 bits per heavy atom. The predicted molar refractivity (Wildman–Crippen MR) is 80.4 cm³/mol. The highest BCUT2D eigenvalue weighted by molar-refractivity contribution is 5.91. The summed E-state index contributed by atoms with van der Waals surface area (Å²) in [7, 11) is 1.40. The molecule has 0 radical (unpaired) electrons. The number of methoxy groups -OCH3 is 1. The molecule has 0 spiro atoms. The second kappa shape index (κ2) is 6.71. The van der Waals surface area contributed by atoms with Crippen molar-refractivity contribution in [3.8, 4) is 11.5 Å². The van der Waals surface area contributed by atoms with Crippen LogP contribution in [-0.2, 0) is 6.42 Å². The summed E-state index contributed by atoms with van der Waals surface area (Å²) in [6.07, 6.45) is 0.869. The van der Waals surface area contributed by atoms with Gasteiger partial charge in [-0.1, -0.05) is 19.1 Å². The largest absolute Gasteiger partial charge is 0.493 e. The molecule has 0 aliphatic rings. The molecule has 0 aliphatic carbocycles. The standard InChI is InChI=1S/C16H15NO5/c1-3-11-4-6-12(7-5-11)16(18)22-15-10-13(17(19)20)8-9-14(15)21-2/h4-10H,3H2,1-2H3. The molecule has 0 aromatic heterocycles. The topological polar surface area (TPSA) is 78.7 Å². The molecule has 114 valence electrons. The monoisotopic (exact) mass is 301 g/mol. The molecule has 0 saturated heterocycles. The van der Waals surface area contributed by atoms with Gasteiger partial charge in [0.05, 0.1) is 23.7 Å². The Kier molecular flexibility index (Phi) is 4.73. The summed E-state index contributed by atoms with van der Waals surface area (Å²) in [5.74, 6) is -0.327. The van der Waals surface area contributed by atoms with Gasteiger partial charge in [0.2, 0.25) is 0 Å². The zero-order chi connectivity index (χ0) is 16.1. The van der Waals surface area contributed by atoms with Crippen molar-refractivity contribution in [2.24, 2.45) is 0 Å². The Morgan fingerprint density at radius 2 is 1.82 bits per heavy atom. The minimum Gasteiger partial charge on any atom is -0.493 e. The first-order valence-electron chi connectivity index (χ1n) is 6.68. The van der Waals surface area contributed by atoms with Crippen LogP contribution in [-0.4, -0.2) is 18.0 Å². The van der Waals surface area contributed by atoms with E-state index in [4.69, 9.17) is 9.47 Å². The van der Waals surface area contributed by atoms with Crippen LogP contribution < -0.4 is 9.47 Å². The number of aryl methyl sites for hydroxylation is 1. The number of carbonyl (C=O) groups excluding carboxylic acids is 1. The van der Waals surface area contributed by atoms with Crippen molar-refractivity contribution < 1.29 is 19.2 Å². The maximum Gasteiger partial charge on any atom is 0.343 e. The van der Waals surface area contributed by atoms with Crippen molar-refractivity contribution in [2.75, 3.05) is 7.11 Å². The number of ether oxygens (including phenoxy) is 2. The third-order valence-corrected chi connectivity index (χ3v) is 3.16. The fourth-order valence-corrected chi connectivity index (χ4v) is 1.89. The van der Waals surface area contributed by atoms with Crippen molar-refractivity contribution in [1.82, 2.24) is 0 Å². The lowest BCUT2D eigenvalue weighted by Crippen LogP contribution is -2.09. The van der Waals surface area contributed by atoms with Gasteiger partial charge in [0.15, 0.2) is 11.5 Å². The fraction of sp³-hybridized carbons (Fsp3) is 0.188. The highest BCUT2D eigenvalue weighted by Crippen LogP contribution is 2.31. The Balaban J connectivity index is 2.26. The van der Waals surface area contributed by atoms with Crippen molar-refractivity contribution in [3.05, 3.63) is 63.7 Å². The Bertz CT molecular complexity index is 694. The number of benzene rings is 2. The van der Waals surface area contributed by atoms with E-state index in [9.17, 15) is 14.9 Å². The molecule has 0 N–H and O–H groups in total. The molecule has 2 aromatic rings. The summed E-state index contributed by atoms with van der Waals surface area (Å²) in [6.45, 7) is 2.02. The summed E-state index contributed by atoms with van der Waals surface area (Å²) in [4.78, 5) is 22.4. The first kappa shape index (κ1) is 15.5. The number of esters is 1. The maximum atomic E-state index is 12.1. The Morgan fingerprint density at radius 3 is 2.36 bits per heavy atom. The third-order valence-electron chi connectivity index (χ3n) is 3.16. The average molecular weight is 301 g/mol. The molecule has 0 fully saturated rings. The lowest BCUT2D eigenvalue weighted by atomic mass is 10.1. The summed E-state index contributed by atoms with van der Waals surface area (Å²) >= 11 is 0. The lowest BCUT2D eigenvalue weighted by Gasteiger charge is -2.09. The molecule has 0 unspecified atom stereocenters. The van der Waals surface area contributed by atoms with Crippen molar-refractivity contribution in [1.29, 1.82) is 0 Å². The minimum absolute atomic E-state index is 0.0151. The SMILES string of the molecule is CCc1ccc(C(=O)Oc2cc([N+](=O)[O-])ccc2OC)cc1. The van der Waals surface area contributed by atoms with Gasteiger partial charge >= 0.3 is 5.97 Å². The summed E-state index contributed by atoms with van der Waals surface area (Å²) < 4.78 is 10.3. The summed E-state index contributed by atoms with van der Waals surface area (Å²) in [6, 6.07) is 10.8. The maximum absolute atomic E-state index is 12.1. The van der Waals surface area contributed by atoms with Gasteiger partial charge in [0.1, 0.15) is 0 Å². The fourth-order valence-electron chi connectivity index (χ4n) is 1.89. The lowest BCUT2D eigenvalue weighted by molar-refractivity contribution is -0.384. The second-order valence-electron chi connectivity index (χ2n) is 4.53. The van der Waals surface area contributed by atoms with Crippen molar-refractivity contribution >= 4 is 11.7 Å². The van der Waals surface area contributed by atoms with E-state index in [1.54, 1.807) is 12.1 Å². The molecule has 0 heterocycles. The van der Waals surface area contributed by atoms with Crippen LogP contribution in [0.2, 0.25) is 0 Å². The van der Waals surface area contributed by atoms with Crippen LogP contribution in [0, 0.1) is 10.1 Å². The van der Waals surface area contributed by atoms with E-state index < -0.39 is 10.9 Å². The van der Waals surface area contributed by atoms with Gasteiger partial charge in [-0.3, -0.25) is 10.1 Å². The number of carbonyl (C=O) groups is 1. The van der Waals surface area contributed by atoms with Crippen molar-refractivity contribution in [3.63, 3.8) is 0 Å². The molecule has 6 nitrogen and oxygen atoms in total. The van der Waals surface area contributed by atoms with Gasteiger partial charge in [-0.15, -0.1) is 0 Å². The van der Waals surface area contributed by atoms with E-state index in [2.05, 4.69) is 0 Å². The van der Waals surface area contributed by atoms with Crippen LogP contribution in [0.5, 0.6) is 11.5 Å². The molecule has 6 heteroatoms. The van der Waals surface area contributed by atoms with Crippen LogP contribution in [0.25, 0.3) is 0 Å². The molecule has 0 amide bonds. The van der Waals surface area contributed by atoms with Gasteiger partial charge in [-0.2, -0.15) is 0 Å². The molecule has 22 heavy (non-hydrogen) atoms. The van der Waals surface area contributed by atoms with Crippen LogP contribution in [0.4, 0.5) is 5.69 Å². The number of nitro benzene ring substituents is 1.